The Hall–Kier alpha value is -0.900. The van der Waals surface area contributed by atoms with Crippen LogP contribution in [0.3, 0.4) is 0 Å². The molecule has 1 unspecified atom stereocenters. The van der Waals surface area contributed by atoms with E-state index in [1.807, 2.05) is 18.5 Å². The van der Waals surface area contributed by atoms with Gasteiger partial charge in [0.25, 0.3) is 0 Å². The molecule has 4 fully saturated rings. The minimum atomic E-state index is -0.254. The highest BCUT2D eigenvalue weighted by molar-refractivity contribution is 5.04. The lowest BCUT2D eigenvalue weighted by Gasteiger charge is -2.58. The summed E-state index contributed by atoms with van der Waals surface area (Å²) in [5.74, 6) is 4.38. The third-order valence-corrected chi connectivity index (χ3v) is 6.10. The van der Waals surface area contributed by atoms with Gasteiger partial charge in [-0.3, -0.25) is 0 Å². The van der Waals surface area contributed by atoms with Crippen LogP contribution in [0.5, 0.6) is 0 Å². The maximum absolute atomic E-state index is 10.9. The van der Waals surface area contributed by atoms with Crippen molar-refractivity contribution in [1.29, 1.82) is 0 Å². The average Bonchev–Trinajstić information content (AvgIpc) is 2.66. The van der Waals surface area contributed by atoms with Crippen molar-refractivity contribution >= 4 is 0 Å². The molecule has 110 valence electrons. The predicted octanol–water partition coefficient (Wildman–Crippen LogP) is 2.47. The molecule has 4 heteroatoms. The molecule has 0 aromatic carbocycles. The number of aliphatic hydroxyl groups excluding tert-OH is 1. The fourth-order valence-corrected chi connectivity index (χ4v) is 5.68. The summed E-state index contributed by atoms with van der Waals surface area (Å²) in [6, 6.07) is 0. The van der Waals surface area contributed by atoms with Crippen molar-refractivity contribution in [3.8, 4) is 0 Å². The minimum absolute atomic E-state index is 0.182. The largest absolute Gasteiger partial charge is 0.391 e. The lowest BCUT2D eigenvalue weighted by atomic mass is 9.48. The summed E-state index contributed by atoms with van der Waals surface area (Å²) < 4.78 is 1.90. The van der Waals surface area contributed by atoms with Gasteiger partial charge in [-0.05, 0) is 75.5 Å². The van der Waals surface area contributed by atoms with Crippen LogP contribution in [0, 0.1) is 37.0 Å². The summed E-state index contributed by atoms with van der Waals surface area (Å²) in [4.78, 5) is 4.35. The van der Waals surface area contributed by atoms with Gasteiger partial charge >= 0.3 is 0 Å². The van der Waals surface area contributed by atoms with Crippen molar-refractivity contribution in [2.24, 2.45) is 23.2 Å². The van der Waals surface area contributed by atoms with E-state index in [2.05, 4.69) is 10.1 Å². The van der Waals surface area contributed by atoms with Gasteiger partial charge in [0.05, 0.1) is 12.6 Å². The summed E-state index contributed by atoms with van der Waals surface area (Å²) in [7, 11) is 0. The fourth-order valence-electron chi connectivity index (χ4n) is 5.68. The van der Waals surface area contributed by atoms with Crippen molar-refractivity contribution in [1.82, 2.24) is 14.8 Å². The van der Waals surface area contributed by atoms with Crippen molar-refractivity contribution in [2.75, 3.05) is 0 Å². The zero-order valence-corrected chi connectivity index (χ0v) is 12.5. The maximum atomic E-state index is 10.9. The van der Waals surface area contributed by atoms with Gasteiger partial charge in [-0.2, -0.15) is 5.10 Å². The van der Waals surface area contributed by atoms with Crippen LogP contribution < -0.4 is 0 Å². The van der Waals surface area contributed by atoms with Gasteiger partial charge < -0.3 is 5.11 Å². The minimum Gasteiger partial charge on any atom is -0.391 e. The molecule has 20 heavy (non-hydrogen) atoms. The number of rotatable bonds is 3. The molecule has 0 radical (unpaired) electrons. The molecule has 4 bridgehead atoms. The summed E-state index contributed by atoms with van der Waals surface area (Å²) in [6.45, 7) is 4.52. The number of aromatic nitrogens is 3. The molecule has 4 aliphatic rings. The van der Waals surface area contributed by atoms with E-state index in [0.717, 1.165) is 29.4 Å². The zero-order chi connectivity index (χ0) is 13.9. The smallest absolute Gasteiger partial charge is 0.147 e. The number of hydrogen-bond acceptors (Lipinski definition) is 3. The van der Waals surface area contributed by atoms with Gasteiger partial charge in [0, 0.05) is 0 Å². The Labute approximate surface area is 120 Å². The molecule has 4 saturated carbocycles. The van der Waals surface area contributed by atoms with Crippen LogP contribution in [0.1, 0.15) is 50.2 Å². The molecule has 1 atom stereocenters. The number of nitrogens with zero attached hydrogens (tertiary/aromatic N) is 3. The van der Waals surface area contributed by atoms with Crippen molar-refractivity contribution < 1.29 is 5.11 Å². The van der Waals surface area contributed by atoms with E-state index in [0.29, 0.717) is 6.54 Å². The van der Waals surface area contributed by atoms with Crippen LogP contribution in [0.25, 0.3) is 0 Å². The van der Waals surface area contributed by atoms with Crippen molar-refractivity contribution in [3.05, 3.63) is 11.6 Å². The van der Waals surface area contributed by atoms with E-state index >= 15 is 0 Å². The Morgan fingerprint density at radius 2 is 1.70 bits per heavy atom. The maximum Gasteiger partial charge on any atom is 0.147 e. The highest BCUT2D eigenvalue weighted by Gasteiger charge is 2.54. The van der Waals surface area contributed by atoms with Crippen LogP contribution >= 0.6 is 0 Å². The average molecular weight is 275 g/mol. The lowest BCUT2D eigenvalue weighted by molar-refractivity contribution is -0.125. The summed E-state index contributed by atoms with van der Waals surface area (Å²) in [6.07, 6.45) is 7.75. The molecule has 5 rings (SSSR count). The quantitative estimate of drug-likeness (QED) is 0.922. The van der Waals surface area contributed by atoms with E-state index < -0.39 is 0 Å². The second kappa shape index (κ2) is 4.30. The first-order valence-corrected chi connectivity index (χ1v) is 8.10. The first-order valence-electron chi connectivity index (χ1n) is 8.10. The summed E-state index contributed by atoms with van der Waals surface area (Å²) in [5.41, 5.74) is 0.182. The number of hydrogen-bond donors (Lipinski definition) is 1. The standard InChI is InChI=1S/C16H25N3O/c1-10-17-11(2)19(18-10)9-15(20)16-6-12-3-13(7-16)5-14(4-12)8-16/h12-15,20H,3-9H2,1-2H3. The topological polar surface area (TPSA) is 50.9 Å². The molecule has 0 spiro atoms. The highest BCUT2D eigenvalue weighted by Crippen LogP contribution is 2.61. The third kappa shape index (κ3) is 1.92. The van der Waals surface area contributed by atoms with Crippen LogP contribution in [0.4, 0.5) is 0 Å². The van der Waals surface area contributed by atoms with Gasteiger partial charge in [-0.1, -0.05) is 0 Å². The third-order valence-electron chi connectivity index (χ3n) is 6.10. The van der Waals surface area contributed by atoms with E-state index in [-0.39, 0.29) is 11.5 Å². The Kier molecular flexibility index (Phi) is 2.75. The zero-order valence-electron chi connectivity index (χ0n) is 12.5. The van der Waals surface area contributed by atoms with E-state index in [4.69, 9.17) is 0 Å². The monoisotopic (exact) mass is 275 g/mol. The molecule has 1 aromatic rings. The van der Waals surface area contributed by atoms with Gasteiger partial charge in [-0.25, -0.2) is 9.67 Å². The van der Waals surface area contributed by atoms with Crippen molar-refractivity contribution in [2.45, 2.75) is 65.0 Å². The molecule has 1 aromatic heterocycles. The SMILES string of the molecule is Cc1nc(C)n(CC(O)C23CC4CC(CC(C4)C2)C3)n1. The van der Waals surface area contributed by atoms with Crippen LogP contribution in [-0.4, -0.2) is 26.0 Å². The molecule has 1 heterocycles. The predicted molar refractivity (Wildman–Crippen MR) is 76.1 cm³/mol. The Bertz CT molecular complexity index is 487. The van der Waals surface area contributed by atoms with Gasteiger partial charge in [0.1, 0.15) is 11.6 Å². The fraction of sp³-hybridized carbons (Fsp3) is 0.875. The first kappa shape index (κ1) is 12.8. The molecule has 4 aliphatic carbocycles. The van der Waals surface area contributed by atoms with E-state index in [9.17, 15) is 5.11 Å². The lowest BCUT2D eigenvalue weighted by Crippen LogP contribution is -2.52. The van der Waals surface area contributed by atoms with E-state index in [1.165, 1.54) is 38.5 Å². The number of aryl methyl sites for hydroxylation is 2. The second-order valence-corrected chi connectivity index (χ2v) is 7.68. The Morgan fingerprint density at radius 3 is 2.15 bits per heavy atom. The summed E-state index contributed by atoms with van der Waals surface area (Å²) in [5, 5.41) is 15.3. The van der Waals surface area contributed by atoms with Crippen LogP contribution in [0.15, 0.2) is 0 Å². The molecule has 0 aliphatic heterocycles. The van der Waals surface area contributed by atoms with Crippen molar-refractivity contribution in [3.63, 3.8) is 0 Å². The molecule has 0 saturated heterocycles. The molecular weight excluding hydrogens is 250 g/mol. The normalized spacial score (nSPS) is 40.2. The molecule has 0 amide bonds. The van der Waals surface area contributed by atoms with Gasteiger partial charge in [-0.15, -0.1) is 0 Å². The molecule has 4 nitrogen and oxygen atoms in total. The highest BCUT2D eigenvalue weighted by atomic mass is 16.3. The van der Waals surface area contributed by atoms with Crippen LogP contribution in [0.2, 0.25) is 0 Å². The first-order chi connectivity index (χ1) is 9.54. The van der Waals surface area contributed by atoms with Gasteiger partial charge in [0.2, 0.25) is 0 Å². The molecular formula is C16H25N3O. The summed E-state index contributed by atoms with van der Waals surface area (Å²) >= 11 is 0. The van der Waals surface area contributed by atoms with Gasteiger partial charge in [0.15, 0.2) is 0 Å². The molecule has 1 N–H and O–H groups in total. The van der Waals surface area contributed by atoms with Crippen LogP contribution in [-0.2, 0) is 6.54 Å². The second-order valence-electron chi connectivity index (χ2n) is 7.68. The Balaban J connectivity index is 1.56. The Morgan fingerprint density at radius 1 is 1.15 bits per heavy atom. The van der Waals surface area contributed by atoms with E-state index in [1.54, 1.807) is 0 Å². The number of aliphatic hydroxyl groups is 1.